The number of alkyl halides is 2. The van der Waals surface area contributed by atoms with E-state index in [2.05, 4.69) is 32.8 Å². The van der Waals surface area contributed by atoms with E-state index in [1.165, 1.54) is 24.3 Å². The smallest absolute Gasteiger partial charge is 0.297 e. The van der Waals surface area contributed by atoms with E-state index in [9.17, 15) is 16.8 Å². The topological polar surface area (TPSA) is 151 Å². The Hall–Kier alpha value is -2.68. The zero-order valence-corrected chi connectivity index (χ0v) is 26.7. The molecule has 2 aromatic carbocycles. The lowest BCUT2D eigenvalue weighted by molar-refractivity contribution is 0.342. The van der Waals surface area contributed by atoms with Crippen LogP contribution in [0, 0.1) is 37.5 Å². The Kier molecular flexibility index (Phi) is 25.6. The molecule has 0 aliphatic heterocycles. The van der Waals surface area contributed by atoms with Crippen LogP contribution in [0.3, 0.4) is 0 Å². The zero-order chi connectivity index (χ0) is 32.3. The zero-order valence-electron chi connectivity index (χ0n) is 22.8. The van der Waals surface area contributed by atoms with Crippen molar-refractivity contribution in [3.63, 3.8) is 0 Å². The molecule has 42 heavy (non-hydrogen) atoms. The van der Waals surface area contributed by atoms with Crippen LogP contribution < -0.4 is 0 Å². The fraction of sp³-hybridized carbons (Fsp3) is 0.250. The standard InChI is InChI=1S/C11H12O4S.C7H7ClO2S.C5H5N.C4H6O2.CH2Cl2/c1-10-4-6-11(7-5-10)16(13,14)15-9-3-2-8-12;1-6-2-4-7(5-3-6)11(8,9)10;1-2-4-6-5-3-1;5-3-1-2-4-6;2-1-3/h4-7,12H,8-9H2,1H3;2-5H,1H3;1-5H;5-6H,3-4H2;1H2. The average molecular weight is 681 g/mol. The predicted octanol–water partition coefficient (Wildman–Crippen LogP) is 4.10. The number of pyridine rings is 1. The summed E-state index contributed by atoms with van der Waals surface area (Å²) in [6.45, 7) is 2.85. The molecule has 14 heteroatoms. The van der Waals surface area contributed by atoms with Crippen molar-refractivity contribution in [1.82, 2.24) is 4.98 Å². The van der Waals surface area contributed by atoms with Crippen LogP contribution in [0.4, 0.5) is 0 Å². The lowest BCUT2D eigenvalue weighted by atomic mass is 10.2. The van der Waals surface area contributed by atoms with E-state index in [4.69, 9.17) is 49.2 Å². The van der Waals surface area contributed by atoms with Gasteiger partial charge in [0.05, 0.1) is 15.1 Å². The number of hydrogen-bond acceptors (Lipinski definition) is 9. The summed E-state index contributed by atoms with van der Waals surface area (Å²) in [6.07, 6.45) is 3.50. The molecule has 1 heterocycles. The summed E-state index contributed by atoms with van der Waals surface area (Å²) in [5.41, 5.74) is 1.98. The van der Waals surface area contributed by atoms with Gasteiger partial charge in [-0.2, -0.15) is 8.42 Å². The van der Waals surface area contributed by atoms with Crippen LogP contribution in [0.2, 0.25) is 0 Å². The number of aromatic nitrogens is 1. The van der Waals surface area contributed by atoms with E-state index >= 15 is 0 Å². The van der Waals surface area contributed by atoms with Gasteiger partial charge in [-0.1, -0.05) is 65.1 Å². The van der Waals surface area contributed by atoms with E-state index in [0.717, 1.165) is 11.1 Å². The molecule has 0 amide bonds. The minimum absolute atomic E-state index is 0.101. The predicted molar refractivity (Wildman–Crippen MR) is 166 cm³/mol. The van der Waals surface area contributed by atoms with Gasteiger partial charge in [0.2, 0.25) is 0 Å². The highest BCUT2D eigenvalue weighted by molar-refractivity contribution is 8.13. The van der Waals surface area contributed by atoms with Crippen LogP contribution >= 0.6 is 33.9 Å². The van der Waals surface area contributed by atoms with Crippen LogP contribution in [-0.2, 0) is 23.4 Å². The molecule has 0 saturated carbocycles. The van der Waals surface area contributed by atoms with Crippen molar-refractivity contribution in [1.29, 1.82) is 0 Å². The summed E-state index contributed by atoms with van der Waals surface area (Å²) < 4.78 is 49.2. The minimum Gasteiger partial charge on any atom is -0.384 e. The van der Waals surface area contributed by atoms with Crippen LogP contribution in [0.15, 0.2) is 88.9 Å². The molecule has 0 bridgehead atoms. The molecule has 9 nitrogen and oxygen atoms in total. The van der Waals surface area contributed by atoms with Gasteiger partial charge in [0.1, 0.15) is 26.4 Å². The van der Waals surface area contributed by atoms with Crippen molar-refractivity contribution >= 4 is 53.1 Å². The number of aryl methyl sites for hydroxylation is 2. The van der Waals surface area contributed by atoms with Crippen molar-refractivity contribution in [2.75, 3.05) is 31.8 Å². The van der Waals surface area contributed by atoms with Crippen molar-refractivity contribution in [2.24, 2.45) is 0 Å². The van der Waals surface area contributed by atoms with Crippen LogP contribution in [0.25, 0.3) is 0 Å². The Bertz CT molecular complexity index is 1400. The quantitative estimate of drug-likeness (QED) is 0.160. The van der Waals surface area contributed by atoms with Crippen molar-refractivity contribution in [3.05, 3.63) is 90.3 Å². The highest BCUT2D eigenvalue weighted by atomic mass is 35.7. The molecule has 0 fully saturated rings. The summed E-state index contributed by atoms with van der Waals surface area (Å²) in [4.78, 5) is 4.03. The second-order valence-electron chi connectivity index (χ2n) is 7.09. The van der Waals surface area contributed by atoms with Crippen molar-refractivity contribution < 1.29 is 36.3 Å². The molecule has 0 unspecified atom stereocenters. The minimum atomic E-state index is -3.74. The molecule has 3 aromatic rings. The molecule has 0 spiro atoms. The Morgan fingerprint density at radius 3 is 1.38 bits per heavy atom. The maximum atomic E-state index is 11.6. The first-order chi connectivity index (χ1) is 19.9. The lowest BCUT2D eigenvalue weighted by Gasteiger charge is -2.02. The van der Waals surface area contributed by atoms with Crippen LogP contribution in [0.5, 0.6) is 0 Å². The van der Waals surface area contributed by atoms with Crippen molar-refractivity contribution in [3.8, 4) is 23.7 Å². The Morgan fingerprint density at radius 2 is 1.07 bits per heavy atom. The number of nitrogens with zero attached hydrogens (tertiary/aromatic N) is 1. The summed E-state index contributed by atoms with van der Waals surface area (Å²) in [6, 6.07) is 18.4. The normalized spacial score (nSPS) is 9.52. The Labute approximate surface area is 262 Å². The highest BCUT2D eigenvalue weighted by Crippen LogP contribution is 2.14. The summed E-state index contributed by atoms with van der Waals surface area (Å²) in [5.74, 6) is 9.18. The molecule has 0 aliphatic carbocycles. The first-order valence-corrected chi connectivity index (χ1v) is 16.4. The van der Waals surface area contributed by atoms with E-state index in [1.807, 2.05) is 32.0 Å². The van der Waals surface area contributed by atoms with Gasteiger partial charge in [-0.15, -0.1) is 23.2 Å². The van der Waals surface area contributed by atoms with E-state index in [-0.39, 0.29) is 41.6 Å². The molecule has 0 atom stereocenters. The van der Waals surface area contributed by atoms with Crippen LogP contribution in [-0.4, -0.2) is 68.9 Å². The van der Waals surface area contributed by atoms with Gasteiger partial charge in [0.25, 0.3) is 19.2 Å². The van der Waals surface area contributed by atoms with Gasteiger partial charge in [-0.25, -0.2) is 8.42 Å². The molecule has 3 rings (SSSR count). The fourth-order valence-electron chi connectivity index (χ4n) is 2.11. The summed E-state index contributed by atoms with van der Waals surface area (Å²) >= 11 is 9.53. The van der Waals surface area contributed by atoms with Gasteiger partial charge >= 0.3 is 0 Å². The first kappa shape index (κ1) is 41.5. The maximum absolute atomic E-state index is 11.6. The van der Waals surface area contributed by atoms with Gasteiger partial charge in [-0.3, -0.25) is 9.17 Å². The molecule has 230 valence electrons. The molecule has 0 aliphatic rings. The summed E-state index contributed by atoms with van der Waals surface area (Å²) in [7, 11) is -2.21. The van der Waals surface area contributed by atoms with E-state index in [0.29, 0.717) is 0 Å². The van der Waals surface area contributed by atoms with Crippen LogP contribution in [0.1, 0.15) is 11.1 Å². The Morgan fingerprint density at radius 1 is 0.690 bits per heavy atom. The second-order valence-corrected chi connectivity index (χ2v) is 12.1. The number of hydrogen-bond donors (Lipinski definition) is 3. The van der Waals surface area contributed by atoms with E-state index in [1.54, 1.807) is 36.7 Å². The third kappa shape index (κ3) is 24.0. The number of benzene rings is 2. The monoisotopic (exact) mass is 679 g/mol. The number of aliphatic hydroxyl groups excluding tert-OH is 3. The summed E-state index contributed by atoms with van der Waals surface area (Å²) in [5, 5.41) is 24.4. The highest BCUT2D eigenvalue weighted by Gasteiger charge is 2.13. The number of rotatable bonds is 4. The van der Waals surface area contributed by atoms with Crippen molar-refractivity contribution in [2.45, 2.75) is 23.6 Å². The SMILES string of the molecule is Cc1ccc(S(=O)(=O)Cl)cc1.Cc1ccc(S(=O)(=O)OCC#CCO)cc1.ClCCl.OCC#CCO.c1ccncc1. The number of halogens is 3. The first-order valence-electron chi connectivity index (χ1n) is 11.6. The molecule has 3 N–H and O–H groups in total. The molecular formula is C28H32Cl3NO8S2. The largest absolute Gasteiger partial charge is 0.384 e. The molecule has 1 aromatic heterocycles. The lowest BCUT2D eigenvalue weighted by Crippen LogP contribution is -2.06. The molecular weight excluding hydrogens is 649 g/mol. The van der Waals surface area contributed by atoms with E-state index < -0.39 is 19.2 Å². The molecule has 0 saturated heterocycles. The fourth-order valence-corrected chi connectivity index (χ4v) is 3.70. The maximum Gasteiger partial charge on any atom is 0.297 e. The second kappa shape index (κ2) is 26.0. The molecule has 0 radical (unpaired) electrons. The third-order valence-corrected chi connectivity index (χ3v) is 6.60. The van der Waals surface area contributed by atoms with Gasteiger partial charge < -0.3 is 15.3 Å². The third-order valence-electron chi connectivity index (χ3n) is 3.95. The Balaban J connectivity index is 0. The van der Waals surface area contributed by atoms with Gasteiger partial charge in [0.15, 0.2) is 0 Å². The van der Waals surface area contributed by atoms with Gasteiger partial charge in [0, 0.05) is 23.1 Å². The average Bonchev–Trinajstić information content (AvgIpc) is 2.97. The van der Waals surface area contributed by atoms with Gasteiger partial charge in [-0.05, 0) is 50.2 Å². The number of aliphatic hydroxyl groups is 3.